The Morgan fingerprint density at radius 2 is 2.00 bits per heavy atom. The number of hydrogen-bond donors (Lipinski definition) is 2. The van der Waals surface area contributed by atoms with Gasteiger partial charge in [0.1, 0.15) is 17.0 Å². The highest BCUT2D eigenvalue weighted by molar-refractivity contribution is 5.97. The number of aryl methyl sites for hydroxylation is 1. The Hall–Kier alpha value is -4.34. The summed E-state index contributed by atoms with van der Waals surface area (Å²) < 4.78 is 22.6. The summed E-state index contributed by atoms with van der Waals surface area (Å²) in [5, 5.41) is 7.51. The molecule has 35 heavy (non-hydrogen) atoms. The van der Waals surface area contributed by atoms with Crippen LogP contribution < -0.4 is 20.8 Å². The lowest BCUT2D eigenvalue weighted by Crippen LogP contribution is -2.22. The fourth-order valence-electron chi connectivity index (χ4n) is 3.52. The Balaban J connectivity index is 1.53. The van der Waals surface area contributed by atoms with Crippen LogP contribution in [0.1, 0.15) is 42.3 Å². The number of amides is 2. The molecule has 9 nitrogen and oxygen atoms in total. The molecule has 0 spiro atoms. The minimum Gasteiger partial charge on any atom is -0.422 e. The van der Waals surface area contributed by atoms with Gasteiger partial charge < -0.3 is 15.8 Å². The van der Waals surface area contributed by atoms with Crippen molar-refractivity contribution in [2.45, 2.75) is 39.7 Å². The molecule has 4 rings (SSSR count). The number of carbonyl (C=O) groups excluding carboxylic acids is 2. The predicted molar refractivity (Wildman–Crippen MR) is 128 cm³/mol. The Morgan fingerprint density at radius 1 is 1.23 bits per heavy atom. The first-order valence-corrected chi connectivity index (χ1v) is 10.9. The maximum Gasteiger partial charge on any atom is 0.299 e. The standard InChI is InChI=1S/C25H25FN6O3/c1-14-7-16(9-22(33)31-17-11-30-32(12-17)25(2,3)4)19(26)10-21(14)35-24-18-8-15(23(27)34)5-6-20(18)28-13-29-24/h5-8,10-13H,9H2,1-4H3,(H2,27,34)(H,31,33)/p+1. The number of primary amides is 1. The average molecular weight is 478 g/mol. The first kappa shape index (κ1) is 23.8. The zero-order valence-electron chi connectivity index (χ0n) is 19.8. The van der Waals surface area contributed by atoms with Crippen LogP contribution in [0.3, 0.4) is 0 Å². The van der Waals surface area contributed by atoms with E-state index >= 15 is 0 Å². The van der Waals surface area contributed by atoms with Gasteiger partial charge in [0.2, 0.25) is 11.8 Å². The van der Waals surface area contributed by atoms with Crippen molar-refractivity contribution in [3.63, 3.8) is 0 Å². The number of aromatic amines is 1. The van der Waals surface area contributed by atoms with Crippen molar-refractivity contribution in [2.75, 3.05) is 5.32 Å². The molecule has 0 atom stereocenters. The molecule has 0 radical (unpaired) electrons. The molecule has 0 aliphatic carbocycles. The molecule has 2 aromatic carbocycles. The van der Waals surface area contributed by atoms with E-state index < -0.39 is 11.7 Å². The number of anilines is 1. The maximum absolute atomic E-state index is 14.9. The number of nitrogens with zero attached hydrogens (tertiary/aromatic N) is 3. The number of ether oxygens (including phenoxy) is 1. The monoisotopic (exact) mass is 477 g/mol. The maximum atomic E-state index is 14.9. The van der Waals surface area contributed by atoms with Gasteiger partial charge in [-0.3, -0.25) is 14.3 Å². The van der Waals surface area contributed by atoms with Crippen LogP contribution >= 0.6 is 0 Å². The molecule has 4 aromatic rings. The molecule has 2 amide bonds. The van der Waals surface area contributed by atoms with Gasteiger partial charge in [-0.05, 0) is 68.1 Å². The van der Waals surface area contributed by atoms with E-state index in [0.29, 0.717) is 27.7 Å². The molecule has 0 saturated heterocycles. The third-order valence-corrected chi connectivity index (χ3v) is 5.39. The van der Waals surface area contributed by atoms with Crippen LogP contribution in [0.2, 0.25) is 0 Å². The number of halogens is 1. The molecule has 0 bridgehead atoms. The number of rotatable bonds is 6. The van der Waals surface area contributed by atoms with Gasteiger partial charge in [-0.15, -0.1) is 0 Å². The van der Waals surface area contributed by atoms with Crippen molar-refractivity contribution in [3.8, 4) is 11.6 Å². The highest BCUT2D eigenvalue weighted by Gasteiger charge is 2.19. The van der Waals surface area contributed by atoms with Crippen LogP contribution in [0.25, 0.3) is 10.9 Å². The van der Waals surface area contributed by atoms with Crippen molar-refractivity contribution < 1.29 is 23.7 Å². The molecule has 0 aliphatic heterocycles. The molecule has 10 heteroatoms. The van der Waals surface area contributed by atoms with Crippen molar-refractivity contribution in [1.29, 1.82) is 0 Å². The molecule has 0 unspecified atom stereocenters. The van der Waals surface area contributed by atoms with E-state index in [2.05, 4.69) is 20.4 Å². The summed E-state index contributed by atoms with van der Waals surface area (Å²) in [6.07, 6.45) is 4.57. The van der Waals surface area contributed by atoms with E-state index in [4.69, 9.17) is 10.5 Å². The Labute approximate surface area is 201 Å². The quantitative estimate of drug-likeness (QED) is 0.439. The van der Waals surface area contributed by atoms with Crippen molar-refractivity contribution >= 4 is 28.4 Å². The van der Waals surface area contributed by atoms with E-state index in [1.165, 1.54) is 12.4 Å². The number of hydrogen-bond acceptors (Lipinski definition) is 5. The Kier molecular flexibility index (Phi) is 6.21. The summed E-state index contributed by atoms with van der Waals surface area (Å²) in [5.41, 5.74) is 7.42. The van der Waals surface area contributed by atoms with E-state index in [9.17, 15) is 14.0 Å². The summed E-state index contributed by atoms with van der Waals surface area (Å²) >= 11 is 0. The topological polar surface area (TPSA) is 126 Å². The normalized spacial score (nSPS) is 11.5. The van der Waals surface area contributed by atoms with Crippen molar-refractivity contribution in [3.05, 3.63) is 71.6 Å². The molecule has 4 N–H and O–H groups in total. The lowest BCUT2D eigenvalue weighted by molar-refractivity contribution is -0.393. The number of nitrogens with two attached hydrogens (primary N) is 1. The van der Waals surface area contributed by atoms with Gasteiger partial charge in [0.15, 0.2) is 5.52 Å². The lowest BCUT2D eigenvalue weighted by atomic mass is 10.1. The fraction of sp³-hybridized carbons (Fsp3) is 0.240. The van der Waals surface area contributed by atoms with E-state index in [0.717, 1.165) is 0 Å². The second kappa shape index (κ2) is 9.13. The lowest BCUT2D eigenvalue weighted by Gasteiger charge is -2.18. The van der Waals surface area contributed by atoms with Gasteiger partial charge >= 0.3 is 0 Å². The van der Waals surface area contributed by atoms with Crippen molar-refractivity contribution in [1.82, 2.24) is 14.8 Å². The SMILES string of the molecule is Cc1cc(CC(=O)Nc2cnn(C(C)(C)C)c2)c(F)cc1Oc1[nH+]cnc2ccc(C(N)=O)cc12. The van der Waals surface area contributed by atoms with Gasteiger partial charge in [-0.1, -0.05) is 0 Å². The first-order valence-electron chi connectivity index (χ1n) is 10.9. The molecule has 0 saturated carbocycles. The number of aromatic nitrogens is 4. The summed E-state index contributed by atoms with van der Waals surface area (Å²) in [5.74, 6) is -0.995. The first-order chi connectivity index (χ1) is 16.5. The second-order valence-corrected chi connectivity index (χ2v) is 9.21. The van der Waals surface area contributed by atoms with Gasteiger partial charge in [-0.25, -0.2) is 9.37 Å². The predicted octanol–water partition coefficient (Wildman–Crippen LogP) is 3.52. The number of carbonyl (C=O) groups is 2. The summed E-state index contributed by atoms with van der Waals surface area (Å²) in [6, 6.07) is 7.58. The smallest absolute Gasteiger partial charge is 0.299 e. The minimum absolute atomic E-state index is 0.153. The van der Waals surface area contributed by atoms with Gasteiger partial charge in [-0.2, -0.15) is 5.10 Å². The number of fused-ring (bicyclic) bond motifs is 1. The molecule has 0 fully saturated rings. The van der Waals surface area contributed by atoms with Crippen LogP contribution in [0.4, 0.5) is 10.1 Å². The highest BCUT2D eigenvalue weighted by atomic mass is 19.1. The fourth-order valence-corrected chi connectivity index (χ4v) is 3.52. The summed E-state index contributed by atoms with van der Waals surface area (Å²) in [4.78, 5) is 31.2. The van der Waals surface area contributed by atoms with E-state index in [1.807, 2.05) is 20.8 Å². The average Bonchev–Trinajstić information content (AvgIpc) is 3.26. The summed E-state index contributed by atoms with van der Waals surface area (Å²) in [7, 11) is 0. The van der Waals surface area contributed by atoms with Crippen LogP contribution in [0.5, 0.6) is 11.6 Å². The van der Waals surface area contributed by atoms with Gasteiger partial charge in [0, 0.05) is 17.8 Å². The zero-order valence-corrected chi connectivity index (χ0v) is 19.8. The molecule has 2 heterocycles. The van der Waals surface area contributed by atoms with Gasteiger partial charge in [0.05, 0.1) is 23.8 Å². The zero-order chi connectivity index (χ0) is 25.3. The number of H-pyrrole nitrogens is 1. The third-order valence-electron chi connectivity index (χ3n) is 5.39. The molecule has 0 aliphatic rings. The number of benzene rings is 2. The molecular weight excluding hydrogens is 451 g/mol. The molecule has 2 aromatic heterocycles. The highest BCUT2D eigenvalue weighted by Crippen LogP contribution is 2.30. The van der Waals surface area contributed by atoms with E-state index in [1.54, 1.807) is 48.3 Å². The van der Waals surface area contributed by atoms with Crippen LogP contribution in [0, 0.1) is 12.7 Å². The van der Waals surface area contributed by atoms with Crippen LogP contribution in [0.15, 0.2) is 49.1 Å². The Morgan fingerprint density at radius 3 is 2.69 bits per heavy atom. The van der Waals surface area contributed by atoms with E-state index in [-0.39, 0.29) is 35.1 Å². The van der Waals surface area contributed by atoms with Gasteiger partial charge in [0.25, 0.3) is 12.2 Å². The Bertz CT molecular complexity index is 1440. The molecular formula is C25H26FN6O3+. The van der Waals surface area contributed by atoms with Crippen LogP contribution in [-0.2, 0) is 16.8 Å². The molecule has 180 valence electrons. The second-order valence-electron chi connectivity index (χ2n) is 9.21. The largest absolute Gasteiger partial charge is 0.422 e. The van der Waals surface area contributed by atoms with Crippen molar-refractivity contribution in [2.24, 2.45) is 5.73 Å². The minimum atomic E-state index is -0.586. The third kappa shape index (κ3) is 5.26. The van der Waals surface area contributed by atoms with Crippen LogP contribution in [-0.4, -0.2) is 26.6 Å². The summed E-state index contributed by atoms with van der Waals surface area (Å²) in [6.45, 7) is 7.74. The number of nitrogens with one attached hydrogen (secondary N) is 2.